The zero-order valence-electron chi connectivity index (χ0n) is 12.1. The SMILES string of the molecule is CCCN(CC(C)(C)CN)C(=O)Nc1ccccc1. The second-order valence-corrected chi connectivity index (χ2v) is 5.59. The second-order valence-electron chi connectivity index (χ2n) is 5.59. The lowest BCUT2D eigenvalue weighted by Gasteiger charge is -2.31. The van der Waals surface area contributed by atoms with Crippen LogP contribution in [0.2, 0.25) is 0 Å². The van der Waals surface area contributed by atoms with Crippen molar-refractivity contribution in [1.82, 2.24) is 4.90 Å². The Hall–Kier alpha value is -1.55. The van der Waals surface area contributed by atoms with E-state index in [2.05, 4.69) is 26.1 Å². The van der Waals surface area contributed by atoms with E-state index in [4.69, 9.17) is 5.73 Å². The predicted molar refractivity (Wildman–Crippen MR) is 80.2 cm³/mol. The van der Waals surface area contributed by atoms with Gasteiger partial charge in [-0.3, -0.25) is 0 Å². The van der Waals surface area contributed by atoms with Gasteiger partial charge in [-0.05, 0) is 30.5 Å². The maximum Gasteiger partial charge on any atom is 0.321 e. The van der Waals surface area contributed by atoms with Crippen LogP contribution in [0.4, 0.5) is 10.5 Å². The Kier molecular flexibility index (Phi) is 5.83. The van der Waals surface area contributed by atoms with Crippen LogP contribution in [-0.2, 0) is 0 Å². The molecule has 2 amide bonds. The quantitative estimate of drug-likeness (QED) is 0.829. The highest BCUT2D eigenvalue weighted by molar-refractivity contribution is 5.89. The maximum atomic E-state index is 12.3. The van der Waals surface area contributed by atoms with Gasteiger partial charge in [0.2, 0.25) is 0 Å². The molecule has 3 N–H and O–H groups in total. The molecule has 4 heteroatoms. The van der Waals surface area contributed by atoms with Gasteiger partial charge in [-0.25, -0.2) is 4.79 Å². The molecule has 106 valence electrons. The number of hydrogen-bond donors (Lipinski definition) is 2. The van der Waals surface area contributed by atoms with Crippen LogP contribution >= 0.6 is 0 Å². The van der Waals surface area contributed by atoms with E-state index in [9.17, 15) is 4.79 Å². The van der Waals surface area contributed by atoms with Gasteiger partial charge in [0.25, 0.3) is 0 Å². The van der Waals surface area contributed by atoms with Crippen LogP contribution in [0.3, 0.4) is 0 Å². The molecular weight excluding hydrogens is 238 g/mol. The Labute approximate surface area is 116 Å². The summed E-state index contributed by atoms with van der Waals surface area (Å²) in [6.07, 6.45) is 0.933. The molecule has 0 atom stereocenters. The Bertz CT molecular complexity index is 390. The van der Waals surface area contributed by atoms with Crippen molar-refractivity contribution in [1.29, 1.82) is 0 Å². The summed E-state index contributed by atoms with van der Waals surface area (Å²) in [5, 5.41) is 2.92. The number of benzene rings is 1. The fraction of sp³-hybridized carbons (Fsp3) is 0.533. The van der Waals surface area contributed by atoms with E-state index in [1.165, 1.54) is 0 Å². The molecule has 0 bridgehead atoms. The Morgan fingerprint density at radius 1 is 1.32 bits per heavy atom. The molecule has 19 heavy (non-hydrogen) atoms. The topological polar surface area (TPSA) is 58.4 Å². The molecule has 0 aliphatic carbocycles. The lowest BCUT2D eigenvalue weighted by molar-refractivity contribution is 0.181. The van der Waals surface area contributed by atoms with Gasteiger partial charge < -0.3 is 16.0 Å². The monoisotopic (exact) mass is 263 g/mol. The molecular formula is C15H25N3O. The Balaban J connectivity index is 2.68. The maximum absolute atomic E-state index is 12.3. The number of rotatable bonds is 6. The minimum absolute atomic E-state index is 0.0606. The van der Waals surface area contributed by atoms with Gasteiger partial charge in [-0.15, -0.1) is 0 Å². The summed E-state index contributed by atoms with van der Waals surface area (Å²) in [5.41, 5.74) is 6.50. The molecule has 0 fully saturated rings. The molecule has 0 saturated carbocycles. The van der Waals surface area contributed by atoms with Gasteiger partial charge in [-0.2, -0.15) is 0 Å². The van der Waals surface area contributed by atoms with Crippen LogP contribution < -0.4 is 11.1 Å². The highest BCUT2D eigenvalue weighted by atomic mass is 16.2. The summed E-state index contributed by atoms with van der Waals surface area (Å²) in [5.74, 6) is 0. The number of carbonyl (C=O) groups is 1. The predicted octanol–water partition coefficient (Wildman–Crippen LogP) is 2.92. The van der Waals surface area contributed by atoms with Crippen LogP contribution in [-0.4, -0.2) is 30.6 Å². The molecule has 4 nitrogen and oxygen atoms in total. The Morgan fingerprint density at radius 2 is 1.95 bits per heavy atom. The average molecular weight is 263 g/mol. The van der Waals surface area contributed by atoms with Gasteiger partial charge in [0, 0.05) is 18.8 Å². The summed E-state index contributed by atoms with van der Waals surface area (Å²) in [4.78, 5) is 14.1. The van der Waals surface area contributed by atoms with Crippen molar-refractivity contribution in [2.24, 2.45) is 11.1 Å². The minimum Gasteiger partial charge on any atom is -0.330 e. The average Bonchev–Trinajstić information content (AvgIpc) is 2.39. The van der Waals surface area contributed by atoms with Crippen LogP contribution in [0.15, 0.2) is 30.3 Å². The molecule has 0 heterocycles. The third-order valence-electron chi connectivity index (χ3n) is 2.98. The van der Waals surface area contributed by atoms with E-state index in [0.717, 1.165) is 18.7 Å². The molecule has 0 aromatic heterocycles. The molecule has 1 aromatic carbocycles. The molecule has 0 aliphatic rings. The second kappa shape index (κ2) is 7.14. The molecule has 0 spiro atoms. The van der Waals surface area contributed by atoms with E-state index in [-0.39, 0.29) is 11.4 Å². The summed E-state index contributed by atoms with van der Waals surface area (Å²) in [6.45, 7) is 8.18. The van der Waals surface area contributed by atoms with E-state index in [1.54, 1.807) is 0 Å². The third-order valence-corrected chi connectivity index (χ3v) is 2.98. The first kappa shape index (κ1) is 15.5. The van der Waals surface area contributed by atoms with Gasteiger partial charge >= 0.3 is 6.03 Å². The van der Waals surface area contributed by atoms with Crippen molar-refractivity contribution in [2.45, 2.75) is 27.2 Å². The number of carbonyl (C=O) groups excluding carboxylic acids is 1. The fourth-order valence-corrected chi connectivity index (χ4v) is 1.83. The lowest BCUT2D eigenvalue weighted by Crippen LogP contribution is -2.44. The first-order valence-electron chi connectivity index (χ1n) is 6.79. The normalized spacial score (nSPS) is 11.2. The first-order valence-corrected chi connectivity index (χ1v) is 6.79. The van der Waals surface area contributed by atoms with Crippen LogP contribution in [0, 0.1) is 5.41 Å². The smallest absolute Gasteiger partial charge is 0.321 e. The van der Waals surface area contributed by atoms with E-state index in [0.29, 0.717) is 13.1 Å². The number of hydrogen-bond acceptors (Lipinski definition) is 2. The van der Waals surface area contributed by atoms with Crippen LogP contribution in [0.25, 0.3) is 0 Å². The fourth-order valence-electron chi connectivity index (χ4n) is 1.83. The van der Waals surface area contributed by atoms with Gasteiger partial charge in [0.15, 0.2) is 0 Å². The molecule has 1 aromatic rings. The van der Waals surface area contributed by atoms with Gasteiger partial charge in [0.05, 0.1) is 0 Å². The van der Waals surface area contributed by atoms with Crippen molar-refractivity contribution in [3.63, 3.8) is 0 Å². The largest absolute Gasteiger partial charge is 0.330 e. The van der Waals surface area contributed by atoms with Crippen molar-refractivity contribution >= 4 is 11.7 Å². The van der Waals surface area contributed by atoms with E-state index in [1.807, 2.05) is 35.2 Å². The number of urea groups is 1. The molecule has 0 radical (unpaired) electrons. The lowest BCUT2D eigenvalue weighted by atomic mass is 9.93. The number of para-hydroxylation sites is 1. The van der Waals surface area contributed by atoms with Crippen molar-refractivity contribution in [3.05, 3.63) is 30.3 Å². The number of anilines is 1. The minimum atomic E-state index is -0.0663. The van der Waals surface area contributed by atoms with Crippen LogP contribution in [0.5, 0.6) is 0 Å². The zero-order valence-corrected chi connectivity index (χ0v) is 12.1. The van der Waals surface area contributed by atoms with E-state index >= 15 is 0 Å². The van der Waals surface area contributed by atoms with Crippen molar-refractivity contribution < 1.29 is 4.79 Å². The highest BCUT2D eigenvalue weighted by Gasteiger charge is 2.23. The summed E-state index contributed by atoms with van der Waals surface area (Å²) in [6, 6.07) is 9.45. The van der Waals surface area contributed by atoms with Gasteiger partial charge in [-0.1, -0.05) is 39.0 Å². The van der Waals surface area contributed by atoms with Crippen molar-refractivity contribution in [2.75, 3.05) is 25.0 Å². The number of nitrogens with one attached hydrogen (secondary N) is 1. The third kappa shape index (κ3) is 5.30. The molecule has 1 rings (SSSR count). The standard InChI is InChI=1S/C15H25N3O/c1-4-10-18(12-15(2,3)11-16)14(19)17-13-8-6-5-7-9-13/h5-9H,4,10-12,16H2,1-3H3,(H,17,19). The molecule has 0 saturated heterocycles. The number of amides is 2. The van der Waals surface area contributed by atoms with Gasteiger partial charge in [0.1, 0.15) is 0 Å². The summed E-state index contributed by atoms with van der Waals surface area (Å²) < 4.78 is 0. The zero-order chi connectivity index (χ0) is 14.3. The van der Waals surface area contributed by atoms with Crippen molar-refractivity contribution in [3.8, 4) is 0 Å². The molecule has 0 aliphatic heterocycles. The number of nitrogens with zero attached hydrogens (tertiary/aromatic N) is 1. The summed E-state index contributed by atoms with van der Waals surface area (Å²) >= 11 is 0. The highest BCUT2D eigenvalue weighted by Crippen LogP contribution is 2.16. The first-order chi connectivity index (χ1) is 8.98. The summed E-state index contributed by atoms with van der Waals surface area (Å²) in [7, 11) is 0. The van der Waals surface area contributed by atoms with E-state index < -0.39 is 0 Å². The van der Waals surface area contributed by atoms with Crippen LogP contribution in [0.1, 0.15) is 27.2 Å². The molecule has 0 unspecified atom stereocenters. The number of nitrogens with two attached hydrogens (primary N) is 1. The Morgan fingerprint density at radius 3 is 2.47 bits per heavy atom.